The lowest BCUT2D eigenvalue weighted by Gasteiger charge is -2.19. The van der Waals surface area contributed by atoms with Crippen LogP contribution in [-0.2, 0) is 6.54 Å². The van der Waals surface area contributed by atoms with Gasteiger partial charge >= 0.3 is 5.88 Å². The molecule has 8 nitrogen and oxygen atoms in total. The maximum absolute atomic E-state index is 12.5. The number of pyridine rings is 1. The van der Waals surface area contributed by atoms with E-state index >= 15 is 0 Å². The first-order valence-electron chi connectivity index (χ1n) is 7.04. The van der Waals surface area contributed by atoms with Gasteiger partial charge in [-0.15, -0.1) is 0 Å². The molecular formula is C15H14N4O4. The van der Waals surface area contributed by atoms with E-state index in [-0.39, 0.29) is 5.76 Å². The summed E-state index contributed by atoms with van der Waals surface area (Å²) in [7, 11) is 0. The van der Waals surface area contributed by atoms with Crippen molar-refractivity contribution in [2.75, 3.05) is 6.54 Å². The highest BCUT2D eigenvalue weighted by atomic mass is 16.6. The summed E-state index contributed by atoms with van der Waals surface area (Å²) in [6.45, 7) is 2.60. The molecule has 0 bridgehead atoms. The minimum Gasteiger partial charge on any atom is -0.395 e. The van der Waals surface area contributed by atoms with Crippen molar-refractivity contribution in [1.82, 2.24) is 14.3 Å². The van der Waals surface area contributed by atoms with Gasteiger partial charge in [-0.05, 0) is 25.1 Å². The summed E-state index contributed by atoms with van der Waals surface area (Å²) in [6.07, 6.45) is 3.57. The van der Waals surface area contributed by atoms with E-state index in [2.05, 4.69) is 4.98 Å². The van der Waals surface area contributed by atoms with Crippen molar-refractivity contribution in [3.8, 4) is 0 Å². The number of aromatic nitrogens is 2. The van der Waals surface area contributed by atoms with Gasteiger partial charge in [0.1, 0.15) is 10.6 Å². The number of fused-ring (bicyclic) bond motifs is 1. The van der Waals surface area contributed by atoms with E-state index in [0.717, 1.165) is 11.3 Å². The molecule has 0 aliphatic heterocycles. The molecule has 3 rings (SSSR count). The van der Waals surface area contributed by atoms with Gasteiger partial charge < -0.3 is 13.7 Å². The Hall–Kier alpha value is -3.16. The number of nitro groups is 1. The first kappa shape index (κ1) is 14.8. The summed E-state index contributed by atoms with van der Waals surface area (Å²) in [4.78, 5) is 28.3. The molecule has 3 heterocycles. The molecule has 0 fully saturated rings. The minimum atomic E-state index is -0.669. The van der Waals surface area contributed by atoms with E-state index in [4.69, 9.17) is 4.42 Å². The summed E-state index contributed by atoms with van der Waals surface area (Å²) < 4.78 is 6.87. The molecule has 0 unspecified atom stereocenters. The van der Waals surface area contributed by atoms with Gasteiger partial charge in [0.25, 0.3) is 5.91 Å². The number of hydrogen-bond donors (Lipinski definition) is 0. The Labute approximate surface area is 131 Å². The summed E-state index contributed by atoms with van der Waals surface area (Å²) in [5.74, 6) is -0.891. The topological polar surface area (TPSA) is 93.9 Å². The van der Waals surface area contributed by atoms with Gasteiger partial charge in [0.05, 0.1) is 24.5 Å². The van der Waals surface area contributed by atoms with Gasteiger partial charge in [0, 0.05) is 12.7 Å². The largest absolute Gasteiger partial charge is 0.433 e. The lowest BCUT2D eigenvalue weighted by atomic mass is 10.3. The van der Waals surface area contributed by atoms with Crippen LogP contribution in [0.4, 0.5) is 5.88 Å². The number of rotatable bonds is 5. The van der Waals surface area contributed by atoms with Crippen LogP contribution in [0.1, 0.15) is 23.2 Å². The molecule has 1 amide bonds. The third-order valence-electron chi connectivity index (χ3n) is 3.50. The van der Waals surface area contributed by atoms with Gasteiger partial charge in [-0.3, -0.25) is 14.9 Å². The standard InChI is InChI=1S/C15H14N4O4/c1-2-17(15(20)12-6-7-14(23-12)19(21)22)10-11-9-16-13-5-3-4-8-18(11)13/h3-9H,2,10H2,1H3. The quantitative estimate of drug-likeness (QED) is 0.532. The van der Waals surface area contributed by atoms with E-state index in [1.807, 2.05) is 35.7 Å². The fourth-order valence-corrected chi connectivity index (χ4v) is 2.32. The zero-order chi connectivity index (χ0) is 16.4. The number of carbonyl (C=O) groups excluding carboxylic acids is 1. The number of furan rings is 1. The van der Waals surface area contributed by atoms with E-state index in [0.29, 0.717) is 13.1 Å². The van der Waals surface area contributed by atoms with Crippen molar-refractivity contribution >= 4 is 17.4 Å². The van der Waals surface area contributed by atoms with E-state index in [1.54, 1.807) is 11.1 Å². The molecule has 0 aliphatic rings. The van der Waals surface area contributed by atoms with Crippen molar-refractivity contribution in [2.24, 2.45) is 0 Å². The van der Waals surface area contributed by atoms with Crippen LogP contribution in [0.15, 0.2) is 47.1 Å². The third-order valence-corrected chi connectivity index (χ3v) is 3.50. The minimum absolute atomic E-state index is 0.0487. The number of carbonyl (C=O) groups is 1. The van der Waals surface area contributed by atoms with Crippen LogP contribution in [0.2, 0.25) is 0 Å². The highest BCUT2D eigenvalue weighted by Crippen LogP contribution is 2.18. The average molecular weight is 314 g/mol. The second kappa shape index (κ2) is 5.91. The Balaban J connectivity index is 1.84. The van der Waals surface area contributed by atoms with Crippen LogP contribution in [0, 0.1) is 10.1 Å². The van der Waals surface area contributed by atoms with Crippen molar-refractivity contribution in [2.45, 2.75) is 13.5 Å². The van der Waals surface area contributed by atoms with Crippen molar-refractivity contribution in [3.05, 3.63) is 64.3 Å². The molecule has 0 spiro atoms. The normalized spacial score (nSPS) is 10.8. The predicted octanol–water partition coefficient (Wildman–Crippen LogP) is 2.50. The van der Waals surface area contributed by atoms with Crippen LogP contribution >= 0.6 is 0 Å². The van der Waals surface area contributed by atoms with Crippen LogP contribution in [0.25, 0.3) is 5.65 Å². The number of hydrogen-bond acceptors (Lipinski definition) is 5. The molecule has 23 heavy (non-hydrogen) atoms. The highest BCUT2D eigenvalue weighted by molar-refractivity contribution is 5.91. The zero-order valence-corrected chi connectivity index (χ0v) is 12.4. The lowest BCUT2D eigenvalue weighted by molar-refractivity contribution is -0.402. The van der Waals surface area contributed by atoms with Crippen molar-refractivity contribution in [3.63, 3.8) is 0 Å². The molecule has 8 heteroatoms. The fourth-order valence-electron chi connectivity index (χ4n) is 2.32. The smallest absolute Gasteiger partial charge is 0.395 e. The molecule has 3 aromatic heterocycles. The second-order valence-corrected chi connectivity index (χ2v) is 4.89. The molecule has 0 aromatic carbocycles. The third kappa shape index (κ3) is 2.78. The average Bonchev–Trinajstić information content (AvgIpc) is 3.19. The number of nitrogens with zero attached hydrogens (tertiary/aromatic N) is 4. The maximum atomic E-state index is 12.5. The molecule has 0 saturated heterocycles. The summed E-state index contributed by atoms with van der Waals surface area (Å²) in [5.41, 5.74) is 1.64. The van der Waals surface area contributed by atoms with Crippen molar-refractivity contribution < 1.29 is 14.1 Å². The monoisotopic (exact) mass is 314 g/mol. The summed E-state index contributed by atoms with van der Waals surface area (Å²) >= 11 is 0. The number of imidazole rings is 1. The van der Waals surface area contributed by atoms with Crippen LogP contribution in [0.5, 0.6) is 0 Å². The zero-order valence-electron chi connectivity index (χ0n) is 12.4. The molecule has 0 N–H and O–H groups in total. The predicted molar refractivity (Wildman–Crippen MR) is 81.0 cm³/mol. The SMILES string of the molecule is CCN(Cc1cnc2ccccn12)C(=O)c1ccc([N+](=O)[O-])o1. The highest BCUT2D eigenvalue weighted by Gasteiger charge is 2.22. The van der Waals surface area contributed by atoms with Gasteiger partial charge in [-0.1, -0.05) is 6.07 Å². The molecule has 0 saturated carbocycles. The molecule has 0 radical (unpaired) electrons. The molecular weight excluding hydrogens is 300 g/mol. The van der Waals surface area contributed by atoms with Gasteiger partial charge in [0.15, 0.2) is 5.76 Å². The summed E-state index contributed by atoms with van der Waals surface area (Å²) in [5, 5.41) is 10.7. The Bertz CT molecular complexity index is 867. The fraction of sp³-hybridized carbons (Fsp3) is 0.200. The molecule has 3 aromatic rings. The van der Waals surface area contributed by atoms with Gasteiger partial charge in [-0.2, -0.15) is 0 Å². The Morgan fingerprint density at radius 1 is 1.39 bits per heavy atom. The first-order valence-corrected chi connectivity index (χ1v) is 7.04. The van der Waals surface area contributed by atoms with E-state index in [1.165, 1.54) is 12.1 Å². The van der Waals surface area contributed by atoms with Crippen molar-refractivity contribution in [1.29, 1.82) is 0 Å². The lowest BCUT2D eigenvalue weighted by Crippen LogP contribution is -2.30. The summed E-state index contributed by atoms with van der Waals surface area (Å²) in [6, 6.07) is 8.13. The molecule has 0 atom stereocenters. The Morgan fingerprint density at radius 3 is 2.91 bits per heavy atom. The van der Waals surface area contributed by atoms with E-state index in [9.17, 15) is 14.9 Å². The van der Waals surface area contributed by atoms with Crippen LogP contribution < -0.4 is 0 Å². The van der Waals surface area contributed by atoms with Gasteiger partial charge in [0.2, 0.25) is 0 Å². The number of amides is 1. The van der Waals surface area contributed by atoms with Crippen LogP contribution in [-0.4, -0.2) is 31.7 Å². The second-order valence-electron chi connectivity index (χ2n) is 4.89. The Morgan fingerprint density at radius 2 is 2.22 bits per heavy atom. The van der Waals surface area contributed by atoms with Gasteiger partial charge in [-0.25, -0.2) is 4.98 Å². The van der Waals surface area contributed by atoms with Crippen LogP contribution in [0.3, 0.4) is 0 Å². The molecule has 118 valence electrons. The first-order chi connectivity index (χ1) is 11.1. The Kier molecular flexibility index (Phi) is 3.80. The van der Waals surface area contributed by atoms with E-state index < -0.39 is 16.7 Å². The maximum Gasteiger partial charge on any atom is 0.433 e. The molecule has 0 aliphatic carbocycles.